The molecule has 0 saturated heterocycles. The molecule has 0 bridgehead atoms. The first-order valence-corrected chi connectivity index (χ1v) is 10.7. The van der Waals surface area contributed by atoms with Crippen LogP contribution in [0.4, 0.5) is 11.4 Å². The van der Waals surface area contributed by atoms with Crippen molar-refractivity contribution in [1.29, 1.82) is 0 Å². The molecule has 2 aromatic carbocycles. The van der Waals surface area contributed by atoms with Crippen LogP contribution in [0.2, 0.25) is 0 Å². The lowest BCUT2D eigenvalue weighted by Crippen LogP contribution is -2.34. The molecule has 2 amide bonds. The average molecular weight is 451 g/mol. The topological polar surface area (TPSA) is 98.1 Å². The van der Waals surface area contributed by atoms with Gasteiger partial charge in [-0.1, -0.05) is 18.2 Å². The Morgan fingerprint density at radius 1 is 1.15 bits per heavy atom. The van der Waals surface area contributed by atoms with Crippen LogP contribution in [-0.2, 0) is 9.59 Å². The van der Waals surface area contributed by atoms with Crippen LogP contribution in [0, 0.1) is 0 Å². The summed E-state index contributed by atoms with van der Waals surface area (Å²) < 4.78 is 7.32. The molecule has 168 valence electrons. The number of carbonyl (C=O) groups is 2. The van der Waals surface area contributed by atoms with Crippen molar-refractivity contribution < 1.29 is 14.3 Å². The standard InChI is InChI=1S/C26H21N5O3/c1-17-26(33)29-22-14-20(10-11-23(22)34-17)28-24(32)12-9-19-16-31(21-7-3-2-4-8-21)30-25(19)18-6-5-13-27-15-18/h2-17H,1H3,(H,28,32)(H,29,33)/b12-9+. The van der Waals surface area contributed by atoms with E-state index in [1.807, 2.05) is 48.7 Å². The smallest absolute Gasteiger partial charge is 0.265 e. The van der Waals surface area contributed by atoms with Crippen LogP contribution in [0.25, 0.3) is 23.0 Å². The van der Waals surface area contributed by atoms with Gasteiger partial charge in [-0.15, -0.1) is 0 Å². The summed E-state index contributed by atoms with van der Waals surface area (Å²) in [6.45, 7) is 1.68. The van der Waals surface area contributed by atoms with E-state index in [9.17, 15) is 9.59 Å². The molecule has 1 aliphatic rings. The lowest BCUT2D eigenvalue weighted by Gasteiger charge is -2.23. The Labute approximate surface area is 195 Å². The maximum Gasteiger partial charge on any atom is 0.265 e. The minimum absolute atomic E-state index is 0.228. The van der Waals surface area contributed by atoms with Crippen molar-refractivity contribution in [2.24, 2.45) is 0 Å². The van der Waals surface area contributed by atoms with Crippen molar-refractivity contribution in [3.05, 3.63) is 90.9 Å². The van der Waals surface area contributed by atoms with Gasteiger partial charge < -0.3 is 15.4 Å². The van der Waals surface area contributed by atoms with Gasteiger partial charge in [0.25, 0.3) is 5.91 Å². The minimum Gasteiger partial charge on any atom is -0.479 e. The van der Waals surface area contributed by atoms with Gasteiger partial charge in [0.05, 0.1) is 11.4 Å². The van der Waals surface area contributed by atoms with Gasteiger partial charge in [0, 0.05) is 41.5 Å². The zero-order valence-corrected chi connectivity index (χ0v) is 18.3. The molecular formula is C26H21N5O3. The number of carbonyl (C=O) groups excluding carboxylic acids is 2. The number of fused-ring (bicyclic) bond motifs is 1. The van der Waals surface area contributed by atoms with Crippen LogP contribution in [0.3, 0.4) is 0 Å². The number of aromatic nitrogens is 3. The average Bonchev–Trinajstić information content (AvgIpc) is 3.29. The Kier molecular flexibility index (Phi) is 5.61. The predicted molar refractivity (Wildman–Crippen MR) is 130 cm³/mol. The highest BCUT2D eigenvalue weighted by atomic mass is 16.5. The number of pyridine rings is 1. The zero-order valence-electron chi connectivity index (χ0n) is 18.3. The Morgan fingerprint density at radius 2 is 2.00 bits per heavy atom. The molecule has 8 heteroatoms. The lowest BCUT2D eigenvalue weighted by atomic mass is 10.1. The molecule has 2 N–H and O–H groups in total. The normalized spacial score (nSPS) is 14.9. The molecule has 0 radical (unpaired) electrons. The Bertz CT molecular complexity index is 1380. The number of anilines is 2. The minimum atomic E-state index is -0.554. The largest absolute Gasteiger partial charge is 0.479 e. The molecule has 3 heterocycles. The molecule has 2 aromatic heterocycles. The second kappa shape index (κ2) is 9.03. The number of benzene rings is 2. The Hall–Kier alpha value is -4.72. The van der Waals surface area contributed by atoms with E-state index in [0.717, 1.165) is 16.8 Å². The van der Waals surface area contributed by atoms with Gasteiger partial charge in [-0.25, -0.2) is 4.68 Å². The molecular weight excluding hydrogens is 430 g/mol. The summed E-state index contributed by atoms with van der Waals surface area (Å²) in [6, 6.07) is 18.6. The van der Waals surface area contributed by atoms with Gasteiger partial charge in [-0.2, -0.15) is 5.10 Å². The molecule has 0 fully saturated rings. The van der Waals surface area contributed by atoms with Crippen LogP contribution in [0.15, 0.2) is 85.3 Å². The van der Waals surface area contributed by atoms with Crippen molar-refractivity contribution >= 4 is 29.3 Å². The number of rotatable bonds is 5. The zero-order chi connectivity index (χ0) is 23.5. The van der Waals surface area contributed by atoms with Gasteiger partial charge in [0.1, 0.15) is 11.4 Å². The van der Waals surface area contributed by atoms with E-state index >= 15 is 0 Å². The summed E-state index contributed by atoms with van der Waals surface area (Å²) in [5, 5.41) is 10.3. The van der Waals surface area contributed by atoms with Gasteiger partial charge in [0.15, 0.2) is 6.10 Å². The number of hydrogen-bond donors (Lipinski definition) is 2. The van der Waals surface area contributed by atoms with Crippen LogP contribution < -0.4 is 15.4 Å². The van der Waals surface area contributed by atoms with Crippen molar-refractivity contribution in [1.82, 2.24) is 14.8 Å². The second-order valence-electron chi connectivity index (χ2n) is 7.74. The quantitative estimate of drug-likeness (QED) is 0.441. The monoisotopic (exact) mass is 451 g/mol. The Balaban J connectivity index is 1.38. The van der Waals surface area contributed by atoms with E-state index in [1.165, 1.54) is 6.08 Å². The lowest BCUT2D eigenvalue weighted by molar-refractivity contribution is -0.122. The molecule has 5 rings (SSSR count). The summed E-state index contributed by atoms with van der Waals surface area (Å²) in [5.74, 6) is 0.0188. The molecule has 0 saturated carbocycles. The predicted octanol–water partition coefficient (Wildman–Crippen LogP) is 4.31. The van der Waals surface area contributed by atoms with Crippen molar-refractivity contribution in [2.45, 2.75) is 13.0 Å². The summed E-state index contributed by atoms with van der Waals surface area (Å²) in [7, 11) is 0. The molecule has 1 unspecified atom stereocenters. The third kappa shape index (κ3) is 4.42. The summed E-state index contributed by atoms with van der Waals surface area (Å²) in [6.07, 6.45) is 7.92. The number of para-hydroxylation sites is 1. The molecule has 34 heavy (non-hydrogen) atoms. The van der Waals surface area contributed by atoms with Crippen LogP contribution in [-0.4, -0.2) is 32.7 Å². The van der Waals surface area contributed by atoms with Gasteiger partial charge in [-0.3, -0.25) is 14.6 Å². The maximum atomic E-state index is 12.6. The summed E-state index contributed by atoms with van der Waals surface area (Å²) in [4.78, 5) is 28.7. The summed E-state index contributed by atoms with van der Waals surface area (Å²) in [5.41, 5.74) is 4.30. The van der Waals surface area contributed by atoms with Crippen molar-refractivity contribution in [2.75, 3.05) is 10.6 Å². The van der Waals surface area contributed by atoms with Crippen molar-refractivity contribution in [3.63, 3.8) is 0 Å². The SMILES string of the molecule is CC1Oc2ccc(NC(=O)/C=C/c3cn(-c4ccccc4)nc3-c3cccnc3)cc2NC1=O. The first kappa shape index (κ1) is 21.1. The van der Waals surface area contributed by atoms with E-state index in [1.54, 1.807) is 48.3 Å². The highest BCUT2D eigenvalue weighted by molar-refractivity contribution is 6.03. The number of nitrogens with one attached hydrogen (secondary N) is 2. The fourth-order valence-corrected chi connectivity index (χ4v) is 3.59. The molecule has 1 aliphatic heterocycles. The van der Waals surface area contributed by atoms with Crippen LogP contribution >= 0.6 is 0 Å². The van der Waals surface area contributed by atoms with Gasteiger partial charge in [0.2, 0.25) is 5.91 Å². The molecule has 8 nitrogen and oxygen atoms in total. The fraction of sp³-hybridized carbons (Fsp3) is 0.0769. The number of amides is 2. The van der Waals surface area contributed by atoms with Crippen LogP contribution in [0.5, 0.6) is 5.75 Å². The van der Waals surface area contributed by atoms with E-state index < -0.39 is 6.10 Å². The highest BCUT2D eigenvalue weighted by Gasteiger charge is 2.23. The third-order valence-corrected chi connectivity index (χ3v) is 5.29. The number of nitrogens with zero attached hydrogens (tertiary/aromatic N) is 3. The van der Waals surface area contributed by atoms with E-state index in [4.69, 9.17) is 9.84 Å². The third-order valence-electron chi connectivity index (χ3n) is 5.29. The maximum absolute atomic E-state index is 12.6. The fourth-order valence-electron chi connectivity index (χ4n) is 3.59. The van der Waals surface area contributed by atoms with E-state index in [2.05, 4.69) is 15.6 Å². The van der Waals surface area contributed by atoms with Gasteiger partial charge in [-0.05, 0) is 55.5 Å². The number of hydrogen-bond acceptors (Lipinski definition) is 5. The summed E-state index contributed by atoms with van der Waals surface area (Å²) >= 11 is 0. The molecule has 1 atom stereocenters. The highest BCUT2D eigenvalue weighted by Crippen LogP contribution is 2.32. The molecule has 4 aromatic rings. The second-order valence-corrected chi connectivity index (χ2v) is 7.74. The van der Waals surface area contributed by atoms with Crippen LogP contribution in [0.1, 0.15) is 12.5 Å². The van der Waals surface area contributed by atoms with E-state index in [-0.39, 0.29) is 11.8 Å². The first-order chi connectivity index (χ1) is 16.6. The van der Waals surface area contributed by atoms with Gasteiger partial charge >= 0.3 is 0 Å². The molecule has 0 spiro atoms. The molecule has 0 aliphatic carbocycles. The Morgan fingerprint density at radius 3 is 2.79 bits per heavy atom. The number of ether oxygens (including phenoxy) is 1. The van der Waals surface area contributed by atoms with Crippen molar-refractivity contribution in [3.8, 4) is 22.7 Å². The first-order valence-electron chi connectivity index (χ1n) is 10.7. The van der Waals surface area contributed by atoms with E-state index in [0.29, 0.717) is 22.8 Å².